The fourth-order valence-electron chi connectivity index (χ4n) is 1.47. The van der Waals surface area contributed by atoms with Crippen LogP contribution in [0.5, 0.6) is 0 Å². The van der Waals surface area contributed by atoms with Gasteiger partial charge in [-0.1, -0.05) is 6.07 Å². The van der Waals surface area contributed by atoms with Gasteiger partial charge < -0.3 is 19.9 Å². The fraction of sp³-hybridized carbons (Fsp3) is 0.462. The minimum Gasteiger partial charge on any atom is -0.384 e. The maximum atomic E-state index is 13.0. The first-order valence-electron chi connectivity index (χ1n) is 5.92. The van der Waals surface area contributed by atoms with E-state index in [1.165, 1.54) is 12.1 Å². The molecule has 1 aromatic rings. The van der Waals surface area contributed by atoms with E-state index in [1.807, 2.05) is 0 Å². The van der Waals surface area contributed by atoms with Crippen molar-refractivity contribution in [1.29, 1.82) is 5.41 Å². The average molecular weight is 270 g/mol. The lowest BCUT2D eigenvalue weighted by Gasteiger charge is -2.09. The Labute approximate surface area is 112 Å². The number of rotatable bonds is 9. The zero-order valence-corrected chi connectivity index (χ0v) is 10.9. The van der Waals surface area contributed by atoms with Gasteiger partial charge >= 0.3 is 0 Å². The number of halogens is 1. The zero-order chi connectivity index (χ0) is 14.1. The summed E-state index contributed by atoms with van der Waals surface area (Å²) in [6.07, 6.45) is 0. The molecule has 5 nitrogen and oxygen atoms in total. The number of nitrogens with two attached hydrogens (primary N) is 1. The minimum absolute atomic E-state index is 0.172. The molecule has 0 bridgehead atoms. The van der Waals surface area contributed by atoms with E-state index < -0.39 is 5.82 Å². The summed E-state index contributed by atoms with van der Waals surface area (Å²) in [4.78, 5) is 0. The summed E-state index contributed by atoms with van der Waals surface area (Å²) in [7, 11) is 1.61. The third-order valence-electron chi connectivity index (χ3n) is 2.42. The van der Waals surface area contributed by atoms with E-state index >= 15 is 0 Å². The van der Waals surface area contributed by atoms with Gasteiger partial charge in [0.1, 0.15) is 11.7 Å². The SMILES string of the molecule is COCCOCCOCc1ccc(F)cc1C(=N)N. The maximum Gasteiger partial charge on any atom is 0.123 e. The van der Waals surface area contributed by atoms with Crippen LogP contribution in [0.4, 0.5) is 4.39 Å². The lowest BCUT2D eigenvalue weighted by molar-refractivity contribution is 0.0199. The van der Waals surface area contributed by atoms with Gasteiger partial charge in [-0.3, -0.25) is 5.41 Å². The summed E-state index contributed by atoms with van der Waals surface area (Å²) in [5.41, 5.74) is 6.44. The Balaban J connectivity index is 2.35. The van der Waals surface area contributed by atoms with Gasteiger partial charge in [-0.2, -0.15) is 0 Å². The van der Waals surface area contributed by atoms with Gasteiger partial charge in [0.15, 0.2) is 0 Å². The monoisotopic (exact) mass is 270 g/mol. The Kier molecular flexibility index (Phi) is 7.02. The molecule has 0 aliphatic heterocycles. The molecule has 0 saturated carbocycles. The molecule has 0 radical (unpaired) electrons. The molecule has 0 heterocycles. The van der Waals surface area contributed by atoms with Crippen LogP contribution in [-0.2, 0) is 20.8 Å². The molecular weight excluding hydrogens is 251 g/mol. The Morgan fingerprint density at radius 2 is 1.89 bits per heavy atom. The molecule has 0 amide bonds. The molecule has 3 N–H and O–H groups in total. The van der Waals surface area contributed by atoms with E-state index in [-0.39, 0.29) is 12.4 Å². The molecule has 0 fully saturated rings. The molecule has 19 heavy (non-hydrogen) atoms. The van der Waals surface area contributed by atoms with Crippen LogP contribution in [0.15, 0.2) is 18.2 Å². The van der Waals surface area contributed by atoms with Crippen molar-refractivity contribution in [3.63, 3.8) is 0 Å². The van der Waals surface area contributed by atoms with Crippen molar-refractivity contribution in [2.24, 2.45) is 5.73 Å². The Bertz CT molecular complexity index is 413. The Morgan fingerprint density at radius 3 is 2.58 bits per heavy atom. The third kappa shape index (κ3) is 5.78. The standard InChI is InChI=1S/C13H19FN2O3/c1-17-4-5-18-6-7-19-9-10-2-3-11(14)8-12(10)13(15)16/h2-3,8H,4-7,9H2,1H3,(H3,15,16). The number of hydrogen-bond acceptors (Lipinski definition) is 4. The second-order valence-corrected chi connectivity index (χ2v) is 3.87. The van der Waals surface area contributed by atoms with Crippen LogP contribution in [0.25, 0.3) is 0 Å². The molecule has 0 atom stereocenters. The quantitative estimate of drug-likeness (QED) is 0.402. The smallest absolute Gasteiger partial charge is 0.123 e. The van der Waals surface area contributed by atoms with Gasteiger partial charge in [-0.15, -0.1) is 0 Å². The summed E-state index contributed by atoms with van der Waals surface area (Å²) >= 11 is 0. The van der Waals surface area contributed by atoms with Crippen LogP contribution in [0.3, 0.4) is 0 Å². The number of methoxy groups -OCH3 is 1. The van der Waals surface area contributed by atoms with Crippen LogP contribution in [0, 0.1) is 11.2 Å². The number of nitrogens with one attached hydrogen (secondary N) is 1. The average Bonchev–Trinajstić information content (AvgIpc) is 2.39. The van der Waals surface area contributed by atoms with Gasteiger partial charge in [0.05, 0.1) is 33.0 Å². The number of ether oxygens (including phenoxy) is 3. The van der Waals surface area contributed by atoms with Crippen molar-refractivity contribution in [1.82, 2.24) is 0 Å². The van der Waals surface area contributed by atoms with Crippen molar-refractivity contribution in [2.45, 2.75) is 6.61 Å². The predicted octanol–water partition coefficient (Wildman–Crippen LogP) is 1.29. The first-order chi connectivity index (χ1) is 9.15. The molecule has 0 aliphatic rings. The van der Waals surface area contributed by atoms with Crippen molar-refractivity contribution in [2.75, 3.05) is 33.5 Å². The van der Waals surface area contributed by atoms with E-state index in [0.717, 1.165) is 0 Å². The van der Waals surface area contributed by atoms with Crippen molar-refractivity contribution < 1.29 is 18.6 Å². The van der Waals surface area contributed by atoms with E-state index in [9.17, 15) is 4.39 Å². The zero-order valence-electron chi connectivity index (χ0n) is 10.9. The molecule has 0 saturated heterocycles. The van der Waals surface area contributed by atoms with Crippen LogP contribution in [0.1, 0.15) is 11.1 Å². The van der Waals surface area contributed by atoms with Gasteiger partial charge in [-0.05, 0) is 17.7 Å². The largest absolute Gasteiger partial charge is 0.384 e. The van der Waals surface area contributed by atoms with Crippen LogP contribution in [0.2, 0.25) is 0 Å². The highest BCUT2D eigenvalue weighted by Crippen LogP contribution is 2.12. The Hall–Kier alpha value is -1.50. The normalized spacial score (nSPS) is 10.6. The number of nitrogen functional groups attached to an aromatic ring is 1. The van der Waals surface area contributed by atoms with Crippen LogP contribution in [-0.4, -0.2) is 39.4 Å². The first kappa shape index (κ1) is 15.6. The molecule has 0 unspecified atom stereocenters. The van der Waals surface area contributed by atoms with Crippen molar-refractivity contribution >= 4 is 5.84 Å². The molecule has 0 aliphatic carbocycles. The van der Waals surface area contributed by atoms with Crippen LogP contribution < -0.4 is 5.73 Å². The first-order valence-corrected chi connectivity index (χ1v) is 5.92. The summed E-state index contributed by atoms with van der Waals surface area (Å²) in [5, 5.41) is 7.38. The lowest BCUT2D eigenvalue weighted by atomic mass is 10.1. The fourth-order valence-corrected chi connectivity index (χ4v) is 1.47. The predicted molar refractivity (Wildman–Crippen MR) is 69.8 cm³/mol. The van der Waals surface area contributed by atoms with Crippen LogP contribution >= 0.6 is 0 Å². The lowest BCUT2D eigenvalue weighted by Crippen LogP contribution is -2.15. The molecule has 106 valence electrons. The van der Waals surface area contributed by atoms with Gasteiger partial charge in [0.25, 0.3) is 0 Å². The summed E-state index contributed by atoms with van der Waals surface area (Å²) in [5.74, 6) is -0.591. The second-order valence-electron chi connectivity index (χ2n) is 3.87. The molecule has 0 spiro atoms. The Morgan fingerprint density at radius 1 is 1.21 bits per heavy atom. The highest BCUT2D eigenvalue weighted by molar-refractivity contribution is 5.96. The molecular formula is C13H19FN2O3. The third-order valence-corrected chi connectivity index (χ3v) is 2.42. The minimum atomic E-state index is -0.420. The van der Waals surface area contributed by atoms with Gasteiger partial charge in [0.2, 0.25) is 0 Å². The van der Waals surface area contributed by atoms with E-state index in [0.29, 0.717) is 37.6 Å². The maximum absolute atomic E-state index is 13.0. The summed E-state index contributed by atoms with van der Waals surface area (Å²) < 4.78 is 28.5. The molecule has 6 heteroatoms. The van der Waals surface area contributed by atoms with Crippen molar-refractivity contribution in [3.8, 4) is 0 Å². The summed E-state index contributed by atoms with van der Waals surface area (Å²) in [6.45, 7) is 2.21. The van der Waals surface area contributed by atoms with Gasteiger partial charge in [-0.25, -0.2) is 4.39 Å². The molecule has 1 aromatic carbocycles. The number of hydrogen-bond donors (Lipinski definition) is 2. The highest BCUT2D eigenvalue weighted by atomic mass is 19.1. The molecule has 1 rings (SSSR count). The van der Waals surface area contributed by atoms with E-state index in [1.54, 1.807) is 13.2 Å². The van der Waals surface area contributed by atoms with Crippen molar-refractivity contribution in [3.05, 3.63) is 35.1 Å². The highest BCUT2D eigenvalue weighted by Gasteiger charge is 2.07. The number of benzene rings is 1. The van der Waals surface area contributed by atoms with E-state index in [2.05, 4.69) is 0 Å². The topological polar surface area (TPSA) is 77.6 Å². The summed E-state index contributed by atoms with van der Waals surface area (Å²) in [6, 6.07) is 4.12. The van der Waals surface area contributed by atoms with Gasteiger partial charge in [0, 0.05) is 12.7 Å². The second kappa shape index (κ2) is 8.58. The number of amidine groups is 1. The van der Waals surface area contributed by atoms with E-state index in [4.69, 9.17) is 25.4 Å². The molecule has 0 aromatic heterocycles.